The lowest BCUT2D eigenvalue weighted by Crippen LogP contribution is -2.19. The van der Waals surface area contributed by atoms with Gasteiger partial charge < -0.3 is 10.4 Å². The molecule has 2 N–H and O–H groups in total. The number of aliphatic hydroxyl groups excluding tert-OH is 1. The molecule has 2 heterocycles. The molecule has 9 heteroatoms. The third kappa shape index (κ3) is 3.78. The number of aryl methyl sites for hydroxylation is 1. The van der Waals surface area contributed by atoms with Crippen LogP contribution >= 0.6 is 23.1 Å². The minimum atomic E-state index is -3.14. The van der Waals surface area contributed by atoms with E-state index in [0.29, 0.717) is 9.47 Å². The molecule has 1 aliphatic rings. The summed E-state index contributed by atoms with van der Waals surface area (Å²) in [4.78, 5) is 0. The summed E-state index contributed by atoms with van der Waals surface area (Å²) in [6.45, 7) is 2.02. The molecule has 1 aliphatic heterocycles. The zero-order valence-corrected chi connectivity index (χ0v) is 14.2. The zero-order valence-electron chi connectivity index (χ0n) is 11.8. The number of nitrogens with zero attached hydrogens (tertiary/aromatic N) is 2. The van der Waals surface area contributed by atoms with Gasteiger partial charge in [-0.2, -0.15) is 0 Å². The smallest absolute Gasteiger partial charge is 0.210 e. The summed E-state index contributed by atoms with van der Waals surface area (Å²) in [5, 5.41) is 21.3. The molecule has 22 heavy (non-hydrogen) atoms. The monoisotopic (exact) mass is 357 g/mol. The van der Waals surface area contributed by atoms with Gasteiger partial charge >= 0.3 is 0 Å². The van der Waals surface area contributed by atoms with Gasteiger partial charge in [-0.25, -0.2) is 8.42 Å². The third-order valence-electron chi connectivity index (χ3n) is 3.23. The highest BCUT2D eigenvalue weighted by Crippen LogP contribution is 2.34. The molecule has 1 fully saturated rings. The van der Waals surface area contributed by atoms with Crippen LogP contribution in [0.25, 0.3) is 0 Å². The molecule has 3 rings (SSSR count). The first-order valence-electron chi connectivity index (χ1n) is 6.64. The maximum atomic E-state index is 11.5. The Labute approximate surface area is 136 Å². The summed E-state index contributed by atoms with van der Waals surface area (Å²) in [6.07, 6.45) is -0.840. The van der Waals surface area contributed by atoms with Crippen molar-refractivity contribution in [3.63, 3.8) is 0 Å². The molecule has 2 aromatic rings. The van der Waals surface area contributed by atoms with E-state index in [1.807, 2.05) is 31.2 Å². The fourth-order valence-corrected chi connectivity index (χ4v) is 6.63. The van der Waals surface area contributed by atoms with Crippen molar-refractivity contribution in [2.24, 2.45) is 0 Å². The molecule has 1 saturated heterocycles. The maximum Gasteiger partial charge on any atom is 0.210 e. The van der Waals surface area contributed by atoms with Gasteiger partial charge in [-0.3, -0.25) is 0 Å². The molecular weight excluding hydrogens is 342 g/mol. The largest absolute Gasteiger partial charge is 0.391 e. The van der Waals surface area contributed by atoms with E-state index in [0.717, 1.165) is 5.69 Å². The average Bonchev–Trinajstić information content (AvgIpc) is 2.97. The second-order valence-electron chi connectivity index (χ2n) is 5.16. The lowest BCUT2D eigenvalue weighted by Gasteiger charge is -2.08. The standard InChI is InChI=1S/C13H15N3O3S3/c1-8-2-4-9(5-3-8)14-12-15-16-13(21-12)20-11-7-22(18,19)6-10(11)17/h2-5,10-11,17H,6-7H2,1H3,(H,14,15)/t10-,11+/m1/s1. The van der Waals surface area contributed by atoms with E-state index in [9.17, 15) is 13.5 Å². The van der Waals surface area contributed by atoms with Crippen LogP contribution in [-0.2, 0) is 9.84 Å². The highest BCUT2D eigenvalue weighted by molar-refractivity contribution is 8.03. The van der Waals surface area contributed by atoms with Crippen molar-refractivity contribution in [3.05, 3.63) is 29.8 Å². The third-order valence-corrected chi connectivity index (χ3v) is 7.40. The molecule has 2 atom stereocenters. The first kappa shape index (κ1) is 15.7. The Morgan fingerprint density at radius 2 is 2.00 bits per heavy atom. The Morgan fingerprint density at radius 3 is 2.64 bits per heavy atom. The van der Waals surface area contributed by atoms with Crippen molar-refractivity contribution in [3.8, 4) is 0 Å². The van der Waals surface area contributed by atoms with E-state index in [2.05, 4.69) is 15.5 Å². The lowest BCUT2D eigenvalue weighted by molar-refractivity contribution is 0.207. The molecule has 0 spiro atoms. The van der Waals surface area contributed by atoms with Crippen LogP contribution in [0.1, 0.15) is 5.56 Å². The Kier molecular flexibility index (Phi) is 4.40. The van der Waals surface area contributed by atoms with Crippen LogP contribution in [0.4, 0.5) is 10.8 Å². The van der Waals surface area contributed by atoms with E-state index in [1.54, 1.807) is 0 Å². The number of thioether (sulfide) groups is 1. The van der Waals surface area contributed by atoms with Gasteiger partial charge in [0.25, 0.3) is 0 Å². The van der Waals surface area contributed by atoms with Crippen molar-refractivity contribution in [1.82, 2.24) is 10.2 Å². The topological polar surface area (TPSA) is 92.2 Å². The Morgan fingerprint density at radius 1 is 1.27 bits per heavy atom. The van der Waals surface area contributed by atoms with Crippen molar-refractivity contribution in [2.45, 2.75) is 22.6 Å². The van der Waals surface area contributed by atoms with E-state index in [-0.39, 0.29) is 16.8 Å². The van der Waals surface area contributed by atoms with Gasteiger partial charge in [0.1, 0.15) is 0 Å². The summed E-state index contributed by atoms with van der Waals surface area (Å²) < 4.78 is 23.6. The maximum absolute atomic E-state index is 11.5. The predicted octanol–water partition coefficient (Wildman–Crippen LogP) is 1.84. The van der Waals surface area contributed by atoms with Gasteiger partial charge in [-0.15, -0.1) is 10.2 Å². The van der Waals surface area contributed by atoms with E-state index < -0.39 is 15.9 Å². The zero-order chi connectivity index (χ0) is 15.7. The molecule has 0 aliphatic carbocycles. The highest BCUT2D eigenvalue weighted by atomic mass is 32.2. The molecule has 0 amide bonds. The van der Waals surface area contributed by atoms with Crippen molar-refractivity contribution in [2.75, 3.05) is 16.8 Å². The summed E-state index contributed by atoms with van der Waals surface area (Å²) in [7, 11) is -3.14. The highest BCUT2D eigenvalue weighted by Gasteiger charge is 2.37. The van der Waals surface area contributed by atoms with Crippen LogP contribution in [0.15, 0.2) is 28.6 Å². The summed E-state index contributed by atoms with van der Waals surface area (Å²) in [5.74, 6) is -0.183. The van der Waals surface area contributed by atoms with Crippen LogP contribution in [0.2, 0.25) is 0 Å². The summed E-state index contributed by atoms with van der Waals surface area (Å²) in [6, 6.07) is 7.91. The molecular formula is C13H15N3O3S3. The second kappa shape index (κ2) is 6.15. The number of sulfone groups is 1. The summed E-state index contributed by atoms with van der Waals surface area (Å²) >= 11 is 2.62. The van der Waals surface area contributed by atoms with Crippen LogP contribution < -0.4 is 5.32 Å². The minimum absolute atomic E-state index is 0.0147. The Balaban J connectivity index is 1.65. The first-order valence-corrected chi connectivity index (χ1v) is 10.2. The number of nitrogens with one attached hydrogen (secondary N) is 1. The van der Waals surface area contributed by atoms with Gasteiger partial charge in [0.05, 0.1) is 22.9 Å². The fourth-order valence-electron chi connectivity index (χ4n) is 2.11. The number of anilines is 2. The fraction of sp³-hybridized carbons (Fsp3) is 0.385. The average molecular weight is 357 g/mol. The normalized spacial score (nSPS) is 23.5. The SMILES string of the molecule is Cc1ccc(Nc2nnc(S[C@H]3CS(=O)(=O)C[C@H]3O)s2)cc1. The number of hydrogen-bond acceptors (Lipinski definition) is 8. The van der Waals surface area contributed by atoms with Crippen molar-refractivity contribution >= 4 is 43.8 Å². The Hall–Kier alpha value is -1.16. The Bertz CT molecular complexity index is 758. The van der Waals surface area contributed by atoms with Crippen molar-refractivity contribution in [1.29, 1.82) is 0 Å². The quantitative estimate of drug-likeness (QED) is 0.862. The van der Waals surface area contributed by atoms with Gasteiger partial charge in [-0.05, 0) is 19.1 Å². The molecule has 1 aromatic heterocycles. The lowest BCUT2D eigenvalue weighted by atomic mass is 10.2. The van der Waals surface area contributed by atoms with E-state index >= 15 is 0 Å². The molecule has 6 nitrogen and oxygen atoms in total. The number of hydrogen-bond donors (Lipinski definition) is 2. The first-order chi connectivity index (χ1) is 10.4. The molecule has 1 aromatic carbocycles. The van der Waals surface area contributed by atoms with E-state index in [1.165, 1.54) is 28.7 Å². The van der Waals surface area contributed by atoms with Gasteiger partial charge in [-0.1, -0.05) is 40.8 Å². The van der Waals surface area contributed by atoms with Crippen LogP contribution in [0, 0.1) is 6.92 Å². The van der Waals surface area contributed by atoms with Crippen LogP contribution in [0.5, 0.6) is 0 Å². The molecule has 0 saturated carbocycles. The van der Waals surface area contributed by atoms with Crippen LogP contribution in [-0.4, -0.2) is 46.6 Å². The number of benzene rings is 1. The number of aliphatic hydroxyl groups is 1. The van der Waals surface area contributed by atoms with Crippen molar-refractivity contribution < 1.29 is 13.5 Å². The van der Waals surface area contributed by atoms with Gasteiger partial charge in [0.2, 0.25) is 5.13 Å². The van der Waals surface area contributed by atoms with Gasteiger partial charge in [0, 0.05) is 5.69 Å². The van der Waals surface area contributed by atoms with Gasteiger partial charge in [0.15, 0.2) is 14.2 Å². The number of aromatic nitrogens is 2. The second-order valence-corrected chi connectivity index (χ2v) is 9.78. The van der Waals surface area contributed by atoms with Crippen LogP contribution in [0.3, 0.4) is 0 Å². The number of rotatable bonds is 4. The van der Waals surface area contributed by atoms with E-state index in [4.69, 9.17) is 0 Å². The summed E-state index contributed by atoms with van der Waals surface area (Å²) in [5.41, 5.74) is 2.09. The molecule has 0 radical (unpaired) electrons. The molecule has 118 valence electrons. The molecule has 0 bridgehead atoms. The predicted molar refractivity (Wildman–Crippen MR) is 88.7 cm³/mol. The molecule has 0 unspecified atom stereocenters. The minimum Gasteiger partial charge on any atom is -0.391 e.